The first-order chi connectivity index (χ1) is 7.11. The first kappa shape index (κ1) is 11.4. The highest BCUT2D eigenvalue weighted by molar-refractivity contribution is 4.95. The molecule has 0 aromatic carbocycles. The van der Waals surface area contributed by atoms with Gasteiger partial charge >= 0.3 is 0 Å². The van der Waals surface area contributed by atoms with Crippen LogP contribution in [0.25, 0.3) is 0 Å². The molecule has 4 unspecified atom stereocenters. The molecular formula is C13H25NO. The van der Waals surface area contributed by atoms with Crippen molar-refractivity contribution in [2.45, 2.75) is 76.5 Å². The van der Waals surface area contributed by atoms with E-state index in [-0.39, 0.29) is 5.54 Å². The van der Waals surface area contributed by atoms with Crippen LogP contribution in [0.3, 0.4) is 0 Å². The monoisotopic (exact) mass is 211 g/mol. The van der Waals surface area contributed by atoms with Crippen LogP contribution in [0.15, 0.2) is 0 Å². The van der Waals surface area contributed by atoms with Crippen molar-refractivity contribution in [2.24, 2.45) is 11.7 Å². The van der Waals surface area contributed by atoms with Gasteiger partial charge in [0.25, 0.3) is 0 Å². The second kappa shape index (κ2) is 4.42. The van der Waals surface area contributed by atoms with Crippen molar-refractivity contribution in [1.82, 2.24) is 0 Å². The van der Waals surface area contributed by atoms with E-state index in [9.17, 15) is 0 Å². The van der Waals surface area contributed by atoms with Gasteiger partial charge in [-0.2, -0.15) is 0 Å². The van der Waals surface area contributed by atoms with Gasteiger partial charge in [0.2, 0.25) is 0 Å². The zero-order valence-electron chi connectivity index (χ0n) is 10.2. The fraction of sp³-hybridized carbons (Fsp3) is 1.00. The van der Waals surface area contributed by atoms with E-state index in [1.807, 2.05) is 0 Å². The lowest BCUT2D eigenvalue weighted by Crippen LogP contribution is -2.40. The van der Waals surface area contributed by atoms with Crippen LogP contribution in [0.5, 0.6) is 0 Å². The number of ether oxygens (including phenoxy) is 1. The molecule has 2 nitrogen and oxygen atoms in total. The zero-order chi connectivity index (χ0) is 10.9. The Balaban J connectivity index is 1.83. The van der Waals surface area contributed by atoms with Crippen molar-refractivity contribution < 1.29 is 4.74 Å². The molecule has 1 aliphatic carbocycles. The highest BCUT2D eigenvalue weighted by Gasteiger charge is 2.38. The van der Waals surface area contributed by atoms with Gasteiger partial charge in [-0.1, -0.05) is 13.3 Å². The van der Waals surface area contributed by atoms with E-state index in [0.29, 0.717) is 12.2 Å². The zero-order valence-corrected chi connectivity index (χ0v) is 10.2. The third kappa shape index (κ3) is 2.73. The minimum atomic E-state index is 0.0927. The molecule has 1 heterocycles. The average molecular weight is 211 g/mol. The summed E-state index contributed by atoms with van der Waals surface area (Å²) >= 11 is 0. The summed E-state index contributed by atoms with van der Waals surface area (Å²) in [5.74, 6) is 0.869. The molecule has 4 atom stereocenters. The van der Waals surface area contributed by atoms with Crippen molar-refractivity contribution in [3.05, 3.63) is 0 Å². The van der Waals surface area contributed by atoms with E-state index in [1.165, 1.54) is 38.5 Å². The molecule has 0 aromatic heterocycles. The molecule has 0 aromatic rings. The predicted octanol–water partition coefficient (Wildman–Crippen LogP) is 2.85. The molecule has 2 N–H and O–H groups in total. The summed E-state index contributed by atoms with van der Waals surface area (Å²) in [6.45, 7) is 4.46. The van der Waals surface area contributed by atoms with Gasteiger partial charge in [0.1, 0.15) is 0 Å². The van der Waals surface area contributed by atoms with Crippen molar-refractivity contribution >= 4 is 0 Å². The molecule has 1 saturated carbocycles. The standard InChI is InChI=1S/C13H25NO/c1-3-11-6-7-13(14,8-11)9-12-5-4-10(2)15-12/h10-12H,3-9,14H2,1-2H3. The fourth-order valence-corrected chi connectivity index (χ4v) is 3.29. The maximum Gasteiger partial charge on any atom is 0.0597 e. The molecule has 2 heteroatoms. The Morgan fingerprint density at radius 2 is 2.13 bits per heavy atom. The van der Waals surface area contributed by atoms with Gasteiger partial charge in [-0.3, -0.25) is 0 Å². The Kier molecular flexibility index (Phi) is 3.36. The summed E-state index contributed by atoms with van der Waals surface area (Å²) in [6.07, 6.45) is 9.48. The van der Waals surface area contributed by atoms with Gasteiger partial charge in [0, 0.05) is 5.54 Å². The fourth-order valence-electron chi connectivity index (χ4n) is 3.29. The summed E-state index contributed by atoms with van der Waals surface area (Å²) in [5.41, 5.74) is 6.56. The largest absolute Gasteiger partial charge is 0.375 e. The van der Waals surface area contributed by atoms with Crippen LogP contribution in [-0.4, -0.2) is 17.7 Å². The lowest BCUT2D eigenvalue weighted by Gasteiger charge is -2.27. The van der Waals surface area contributed by atoms with E-state index in [4.69, 9.17) is 10.5 Å². The quantitative estimate of drug-likeness (QED) is 0.779. The summed E-state index contributed by atoms with van der Waals surface area (Å²) in [5, 5.41) is 0. The Morgan fingerprint density at radius 3 is 2.67 bits per heavy atom. The number of hydrogen-bond acceptors (Lipinski definition) is 2. The highest BCUT2D eigenvalue weighted by Crippen LogP contribution is 2.39. The van der Waals surface area contributed by atoms with Crippen molar-refractivity contribution in [3.63, 3.8) is 0 Å². The Labute approximate surface area is 93.6 Å². The molecule has 0 spiro atoms. The van der Waals surface area contributed by atoms with E-state index in [1.54, 1.807) is 0 Å². The number of hydrogen-bond donors (Lipinski definition) is 1. The molecule has 88 valence electrons. The highest BCUT2D eigenvalue weighted by atomic mass is 16.5. The van der Waals surface area contributed by atoms with Crippen molar-refractivity contribution in [1.29, 1.82) is 0 Å². The molecule has 2 fully saturated rings. The predicted molar refractivity (Wildman–Crippen MR) is 62.7 cm³/mol. The molecule has 2 rings (SSSR count). The van der Waals surface area contributed by atoms with Gasteiger partial charge in [0.15, 0.2) is 0 Å². The second-order valence-corrected chi connectivity index (χ2v) is 5.73. The lowest BCUT2D eigenvalue weighted by molar-refractivity contribution is 0.0367. The van der Waals surface area contributed by atoms with Crippen LogP contribution in [-0.2, 0) is 4.74 Å². The van der Waals surface area contributed by atoms with E-state index < -0.39 is 0 Å². The first-order valence-electron chi connectivity index (χ1n) is 6.55. The second-order valence-electron chi connectivity index (χ2n) is 5.73. The minimum Gasteiger partial charge on any atom is -0.375 e. The van der Waals surface area contributed by atoms with Crippen LogP contribution in [0.4, 0.5) is 0 Å². The summed E-state index contributed by atoms with van der Waals surface area (Å²) in [6, 6.07) is 0. The van der Waals surface area contributed by atoms with Gasteiger partial charge in [-0.15, -0.1) is 0 Å². The van der Waals surface area contributed by atoms with E-state index in [0.717, 1.165) is 12.3 Å². The first-order valence-corrected chi connectivity index (χ1v) is 6.55. The average Bonchev–Trinajstić information content (AvgIpc) is 2.74. The van der Waals surface area contributed by atoms with Crippen molar-refractivity contribution in [2.75, 3.05) is 0 Å². The SMILES string of the molecule is CCC1CCC(N)(CC2CCC(C)O2)C1. The minimum absolute atomic E-state index is 0.0927. The topological polar surface area (TPSA) is 35.2 Å². The Morgan fingerprint density at radius 1 is 1.33 bits per heavy atom. The van der Waals surface area contributed by atoms with Gasteiger partial charge in [0.05, 0.1) is 12.2 Å². The molecule has 2 aliphatic rings. The molecule has 0 bridgehead atoms. The van der Waals surface area contributed by atoms with Crippen LogP contribution in [0.1, 0.15) is 58.8 Å². The van der Waals surface area contributed by atoms with Crippen LogP contribution in [0, 0.1) is 5.92 Å². The molecule has 1 aliphatic heterocycles. The van der Waals surface area contributed by atoms with Crippen LogP contribution in [0.2, 0.25) is 0 Å². The van der Waals surface area contributed by atoms with Crippen LogP contribution < -0.4 is 5.73 Å². The van der Waals surface area contributed by atoms with Crippen LogP contribution >= 0.6 is 0 Å². The van der Waals surface area contributed by atoms with Gasteiger partial charge < -0.3 is 10.5 Å². The summed E-state index contributed by atoms with van der Waals surface area (Å²) in [7, 11) is 0. The van der Waals surface area contributed by atoms with Gasteiger partial charge in [-0.25, -0.2) is 0 Å². The maximum absolute atomic E-state index is 6.47. The smallest absolute Gasteiger partial charge is 0.0597 e. The Bertz CT molecular complexity index is 219. The molecular weight excluding hydrogens is 186 g/mol. The molecule has 15 heavy (non-hydrogen) atoms. The van der Waals surface area contributed by atoms with Crippen molar-refractivity contribution in [3.8, 4) is 0 Å². The third-order valence-electron chi connectivity index (χ3n) is 4.28. The number of nitrogens with two attached hydrogens (primary N) is 1. The van der Waals surface area contributed by atoms with E-state index >= 15 is 0 Å². The maximum atomic E-state index is 6.47. The van der Waals surface area contributed by atoms with E-state index in [2.05, 4.69) is 13.8 Å². The molecule has 0 radical (unpaired) electrons. The summed E-state index contributed by atoms with van der Waals surface area (Å²) < 4.78 is 5.88. The van der Waals surface area contributed by atoms with Gasteiger partial charge in [-0.05, 0) is 51.4 Å². The lowest BCUT2D eigenvalue weighted by atomic mass is 9.89. The summed E-state index contributed by atoms with van der Waals surface area (Å²) in [4.78, 5) is 0. The number of rotatable bonds is 3. The molecule has 0 amide bonds. The third-order valence-corrected chi connectivity index (χ3v) is 4.28. The normalized spacial score (nSPS) is 46.2. The Hall–Kier alpha value is -0.0800. The molecule has 1 saturated heterocycles.